The SMILES string of the molecule is CC(C)CNCc1coc(OC(C)(C)C)n1. The molecule has 1 aromatic rings. The topological polar surface area (TPSA) is 47.3 Å². The highest BCUT2D eigenvalue weighted by Gasteiger charge is 2.15. The minimum atomic E-state index is -0.270. The summed E-state index contributed by atoms with van der Waals surface area (Å²) in [6.07, 6.45) is 1.97. The van der Waals surface area contributed by atoms with E-state index in [9.17, 15) is 0 Å². The molecule has 0 atom stereocenters. The molecule has 4 heteroatoms. The number of oxazole rings is 1. The Balaban J connectivity index is 2.40. The smallest absolute Gasteiger partial charge is 0.394 e. The van der Waals surface area contributed by atoms with Crippen LogP contribution in [0.2, 0.25) is 0 Å². The molecule has 0 bridgehead atoms. The van der Waals surface area contributed by atoms with Gasteiger partial charge in [-0.05, 0) is 33.2 Å². The number of rotatable bonds is 5. The number of hydrogen-bond donors (Lipinski definition) is 1. The molecule has 4 nitrogen and oxygen atoms in total. The summed E-state index contributed by atoms with van der Waals surface area (Å²) in [5, 5.41) is 3.30. The van der Waals surface area contributed by atoms with Gasteiger partial charge in [-0.15, -0.1) is 0 Å². The van der Waals surface area contributed by atoms with Crippen LogP contribution in [0.15, 0.2) is 10.7 Å². The first-order valence-corrected chi connectivity index (χ1v) is 5.71. The zero-order chi connectivity index (χ0) is 12.2. The Morgan fingerprint density at radius 2 is 2.12 bits per heavy atom. The minimum absolute atomic E-state index is 0.270. The number of hydrogen-bond acceptors (Lipinski definition) is 4. The monoisotopic (exact) mass is 226 g/mol. The van der Waals surface area contributed by atoms with E-state index in [0.29, 0.717) is 12.0 Å². The number of aromatic nitrogens is 1. The Hall–Kier alpha value is -1.03. The molecule has 0 fully saturated rings. The van der Waals surface area contributed by atoms with Crippen molar-refractivity contribution >= 4 is 0 Å². The van der Waals surface area contributed by atoms with Crippen molar-refractivity contribution < 1.29 is 9.15 Å². The van der Waals surface area contributed by atoms with Crippen molar-refractivity contribution in [3.63, 3.8) is 0 Å². The maximum atomic E-state index is 5.50. The predicted octanol–water partition coefficient (Wildman–Crippen LogP) is 2.60. The molecule has 0 saturated heterocycles. The number of nitrogens with one attached hydrogen (secondary N) is 1. The molecule has 16 heavy (non-hydrogen) atoms. The van der Waals surface area contributed by atoms with E-state index in [0.717, 1.165) is 18.8 Å². The molecule has 0 radical (unpaired) electrons. The highest BCUT2D eigenvalue weighted by molar-refractivity contribution is 5.00. The molecule has 0 saturated carbocycles. The second-order valence-electron chi connectivity index (χ2n) is 5.34. The van der Waals surface area contributed by atoms with Crippen LogP contribution >= 0.6 is 0 Å². The first-order chi connectivity index (χ1) is 7.37. The fourth-order valence-corrected chi connectivity index (χ4v) is 1.17. The standard InChI is InChI=1S/C12H22N2O2/c1-9(2)6-13-7-10-8-15-11(14-10)16-12(3,4)5/h8-9,13H,6-7H2,1-5H3. The largest absolute Gasteiger partial charge is 0.444 e. The van der Waals surface area contributed by atoms with E-state index < -0.39 is 0 Å². The molecular weight excluding hydrogens is 204 g/mol. The van der Waals surface area contributed by atoms with E-state index in [-0.39, 0.29) is 5.60 Å². The normalized spacial score (nSPS) is 12.1. The second-order valence-corrected chi connectivity index (χ2v) is 5.34. The molecule has 0 aromatic carbocycles. The Bertz CT molecular complexity index is 313. The van der Waals surface area contributed by atoms with Crippen molar-refractivity contribution in [1.29, 1.82) is 0 Å². The lowest BCUT2D eigenvalue weighted by atomic mass is 10.2. The van der Waals surface area contributed by atoms with Crippen LogP contribution in [0.25, 0.3) is 0 Å². The van der Waals surface area contributed by atoms with Crippen LogP contribution in [0.3, 0.4) is 0 Å². The van der Waals surface area contributed by atoms with Gasteiger partial charge in [0.2, 0.25) is 0 Å². The average molecular weight is 226 g/mol. The minimum Gasteiger partial charge on any atom is -0.444 e. The van der Waals surface area contributed by atoms with Gasteiger partial charge in [0.05, 0.1) is 5.69 Å². The Kier molecular flexibility index (Phi) is 4.35. The zero-order valence-electron chi connectivity index (χ0n) is 10.8. The summed E-state index contributed by atoms with van der Waals surface area (Å²) in [5.41, 5.74) is 0.605. The van der Waals surface area contributed by atoms with Gasteiger partial charge in [-0.25, -0.2) is 0 Å². The molecule has 0 aliphatic heterocycles. The summed E-state index contributed by atoms with van der Waals surface area (Å²) < 4.78 is 10.7. The molecule has 0 spiro atoms. The van der Waals surface area contributed by atoms with Crippen molar-refractivity contribution in [3.05, 3.63) is 12.0 Å². The first kappa shape index (κ1) is 13.0. The molecule has 1 heterocycles. The second kappa shape index (κ2) is 5.34. The van der Waals surface area contributed by atoms with Gasteiger partial charge in [0.25, 0.3) is 0 Å². The van der Waals surface area contributed by atoms with Crippen LogP contribution in [0, 0.1) is 5.92 Å². The van der Waals surface area contributed by atoms with E-state index in [4.69, 9.17) is 9.15 Å². The Labute approximate surface area is 97.4 Å². The third-order valence-electron chi connectivity index (χ3n) is 1.78. The van der Waals surface area contributed by atoms with Crippen molar-refractivity contribution in [1.82, 2.24) is 10.3 Å². The van der Waals surface area contributed by atoms with Gasteiger partial charge >= 0.3 is 6.08 Å². The van der Waals surface area contributed by atoms with Crippen LogP contribution in [0.5, 0.6) is 6.08 Å². The lowest BCUT2D eigenvalue weighted by molar-refractivity contribution is 0.0873. The fourth-order valence-electron chi connectivity index (χ4n) is 1.17. The molecule has 1 rings (SSSR count). The van der Waals surface area contributed by atoms with Gasteiger partial charge in [0.1, 0.15) is 11.9 Å². The molecule has 1 N–H and O–H groups in total. The first-order valence-electron chi connectivity index (χ1n) is 5.71. The van der Waals surface area contributed by atoms with E-state index in [1.807, 2.05) is 20.8 Å². The molecule has 0 aliphatic carbocycles. The summed E-state index contributed by atoms with van der Waals surface area (Å²) >= 11 is 0. The van der Waals surface area contributed by atoms with E-state index in [1.165, 1.54) is 0 Å². The molecule has 1 aromatic heterocycles. The summed E-state index contributed by atoms with van der Waals surface area (Å²) in [4.78, 5) is 4.24. The maximum absolute atomic E-state index is 5.50. The van der Waals surface area contributed by atoms with Gasteiger partial charge in [0.15, 0.2) is 0 Å². The van der Waals surface area contributed by atoms with Crippen molar-refractivity contribution in [2.45, 2.75) is 46.8 Å². The van der Waals surface area contributed by atoms with E-state index in [2.05, 4.69) is 24.1 Å². The lowest BCUT2D eigenvalue weighted by Crippen LogP contribution is -2.23. The van der Waals surface area contributed by atoms with Crippen LogP contribution < -0.4 is 10.1 Å². The summed E-state index contributed by atoms with van der Waals surface area (Å²) in [7, 11) is 0. The van der Waals surface area contributed by atoms with Gasteiger partial charge in [-0.2, -0.15) is 4.98 Å². The maximum Gasteiger partial charge on any atom is 0.394 e. The molecule has 92 valence electrons. The predicted molar refractivity (Wildman–Crippen MR) is 63.4 cm³/mol. The van der Waals surface area contributed by atoms with E-state index in [1.54, 1.807) is 6.26 Å². The van der Waals surface area contributed by atoms with Crippen LogP contribution in [-0.2, 0) is 6.54 Å². The highest BCUT2D eigenvalue weighted by Crippen LogP contribution is 2.16. The third-order valence-corrected chi connectivity index (χ3v) is 1.78. The van der Waals surface area contributed by atoms with Gasteiger partial charge < -0.3 is 14.5 Å². The number of ether oxygens (including phenoxy) is 1. The summed E-state index contributed by atoms with van der Waals surface area (Å²) in [5.74, 6) is 0.636. The van der Waals surface area contributed by atoms with Crippen LogP contribution in [-0.4, -0.2) is 17.1 Å². The number of nitrogens with zero attached hydrogens (tertiary/aromatic N) is 1. The van der Waals surface area contributed by atoms with Crippen LogP contribution in [0.4, 0.5) is 0 Å². The average Bonchev–Trinajstić information content (AvgIpc) is 2.48. The highest BCUT2D eigenvalue weighted by atomic mass is 16.6. The van der Waals surface area contributed by atoms with Crippen LogP contribution in [0.1, 0.15) is 40.3 Å². The Morgan fingerprint density at radius 1 is 1.44 bits per heavy atom. The zero-order valence-corrected chi connectivity index (χ0v) is 10.8. The van der Waals surface area contributed by atoms with Gasteiger partial charge in [-0.3, -0.25) is 0 Å². The third kappa shape index (κ3) is 5.16. The van der Waals surface area contributed by atoms with Gasteiger partial charge in [0, 0.05) is 6.54 Å². The van der Waals surface area contributed by atoms with Gasteiger partial charge in [-0.1, -0.05) is 13.8 Å². The van der Waals surface area contributed by atoms with Crippen molar-refractivity contribution in [2.24, 2.45) is 5.92 Å². The van der Waals surface area contributed by atoms with E-state index >= 15 is 0 Å². The molecule has 0 amide bonds. The lowest BCUT2D eigenvalue weighted by Gasteiger charge is -2.17. The van der Waals surface area contributed by atoms with Crippen molar-refractivity contribution in [3.8, 4) is 6.08 Å². The molecular formula is C12H22N2O2. The summed E-state index contributed by atoms with van der Waals surface area (Å²) in [6.45, 7) is 11.9. The quantitative estimate of drug-likeness (QED) is 0.838. The molecule has 0 unspecified atom stereocenters. The fraction of sp³-hybridized carbons (Fsp3) is 0.750. The van der Waals surface area contributed by atoms with Crippen molar-refractivity contribution in [2.75, 3.05) is 6.54 Å². The summed E-state index contributed by atoms with van der Waals surface area (Å²) in [6, 6.07) is 0. The molecule has 0 aliphatic rings. The Morgan fingerprint density at radius 3 is 2.69 bits per heavy atom.